The molecule has 1 aromatic carbocycles. The van der Waals surface area contributed by atoms with Crippen LogP contribution in [0.25, 0.3) is 0 Å². The van der Waals surface area contributed by atoms with E-state index < -0.39 is 12.2 Å². The lowest BCUT2D eigenvalue weighted by molar-refractivity contribution is 0.0920. The lowest BCUT2D eigenvalue weighted by atomic mass is 10.2. The Labute approximate surface area is 172 Å². The highest BCUT2D eigenvalue weighted by Gasteiger charge is 2.33. The van der Waals surface area contributed by atoms with Crippen LogP contribution in [0, 0.1) is 12.7 Å². The molecule has 1 N–H and O–H groups in total. The minimum atomic E-state index is -0.547. The number of nitrogens with one attached hydrogen (secondary N) is 1. The molecular weight excluding hydrogens is 397 g/mol. The van der Waals surface area contributed by atoms with Gasteiger partial charge in [0.25, 0.3) is 5.91 Å². The molecule has 2 aromatic rings. The quantitative estimate of drug-likeness (QED) is 0.807. The summed E-state index contributed by atoms with van der Waals surface area (Å²) in [6.07, 6.45) is -1.04. The molecule has 7 nitrogen and oxygen atoms in total. The molecule has 0 spiro atoms. The fourth-order valence-electron chi connectivity index (χ4n) is 3.41. The average molecular weight is 419 g/mol. The second-order valence-electron chi connectivity index (χ2n) is 6.97. The first-order valence-corrected chi connectivity index (χ1v) is 10.3. The molecule has 2 aliphatic heterocycles. The largest absolute Gasteiger partial charge is 0.442 e. The number of thiophene rings is 1. The van der Waals surface area contributed by atoms with Crippen LogP contribution in [0.1, 0.15) is 14.5 Å². The van der Waals surface area contributed by atoms with Gasteiger partial charge < -0.3 is 19.7 Å². The van der Waals surface area contributed by atoms with Crippen molar-refractivity contribution in [3.05, 3.63) is 45.9 Å². The molecule has 2 fully saturated rings. The molecule has 29 heavy (non-hydrogen) atoms. The van der Waals surface area contributed by atoms with Crippen LogP contribution in [-0.4, -0.2) is 57.5 Å². The van der Waals surface area contributed by atoms with Crippen molar-refractivity contribution in [1.82, 2.24) is 5.32 Å². The molecule has 154 valence electrons. The zero-order chi connectivity index (χ0) is 20.4. The number of amides is 2. The van der Waals surface area contributed by atoms with E-state index in [4.69, 9.17) is 9.47 Å². The van der Waals surface area contributed by atoms with E-state index in [9.17, 15) is 14.0 Å². The first-order valence-electron chi connectivity index (χ1n) is 9.46. The van der Waals surface area contributed by atoms with Crippen molar-refractivity contribution in [2.45, 2.75) is 13.0 Å². The standard InChI is InChI=1S/C20H22FN3O4S/c1-13-2-5-18(29-13)19(25)22-11-15-12-24(20(26)28-15)14-3-4-17(16(21)10-14)23-6-8-27-9-7-23/h2-5,10,15H,6-9,11-12H2,1H3,(H,22,25)/t15-/m0/s1. The summed E-state index contributed by atoms with van der Waals surface area (Å²) in [5, 5.41) is 2.79. The van der Waals surface area contributed by atoms with Gasteiger partial charge in [-0.1, -0.05) is 0 Å². The van der Waals surface area contributed by atoms with Crippen LogP contribution in [0.2, 0.25) is 0 Å². The number of ether oxygens (including phenoxy) is 2. The van der Waals surface area contributed by atoms with Crippen molar-refractivity contribution < 1.29 is 23.5 Å². The van der Waals surface area contributed by atoms with Crippen molar-refractivity contribution in [1.29, 1.82) is 0 Å². The fraction of sp³-hybridized carbons (Fsp3) is 0.400. The highest BCUT2D eigenvalue weighted by molar-refractivity contribution is 7.13. The summed E-state index contributed by atoms with van der Waals surface area (Å²) in [7, 11) is 0. The zero-order valence-corrected chi connectivity index (χ0v) is 16.8. The summed E-state index contributed by atoms with van der Waals surface area (Å²) in [4.78, 5) is 29.4. The van der Waals surface area contributed by atoms with E-state index in [1.165, 1.54) is 22.3 Å². The van der Waals surface area contributed by atoms with Gasteiger partial charge in [-0.15, -0.1) is 11.3 Å². The van der Waals surface area contributed by atoms with Gasteiger partial charge in [0.1, 0.15) is 11.9 Å². The lowest BCUT2D eigenvalue weighted by Crippen LogP contribution is -2.37. The van der Waals surface area contributed by atoms with Crippen molar-refractivity contribution in [2.24, 2.45) is 0 Å². The fourth-order valence-corrected chi connectivity index (χ4v) is 4.20. The summed E-state index contributed by atoms with van der Waals surface area (Å²) < 4.78 is 25.3. The normalized spacial score (nSPS) is 19.4. The maximum atomic E-state index is 14.6. The highest BCUT2D eigenvalue weighted by atomic mass is 32.1. The van der Waals surface area contributed by atoms with Crippen LogP contribution >= 0.6 is 11.3 Å². The van der Waals surface area contributed by atoms with Crippen LogP contribution in [0.15, 0.2) is 30.3 Å². The number of hydrogen-bond donors (Lipinski definition) is 1. The molecule has 1 aromatic heterocycles. The number of morpholine rings is 1. The predicted octanol–water partition coefficient (Wildman–Crippen LogP) is 2.79. The maximum absolute atomic E-state index is 14.6. The summed E-state index contributed by atoms with van der Waals surface area (Å²) >= 11 is 1.41. The number of anilines is 2. The van der Waals surface area contributed by atoms with Gasteiger partial charge in [-0.3, -0.25) is 9.69 Å². The number of halogens is 1. The SMILES string of the molecule is Cc1ccc(C(=O)NC[C@H]2CN(c3ccc(N4CCOCC4)c(F)c3)C(=O)O2)s1. The molecular formula is C20H22FN3O4S. The van der Waals surface area contributed by atoms with Gasteiger partial charge in [-0.2, -0.15) is 0 Å². The van der Waals surface area contributed by atoms with Crippen LogP contribution in [0.5, 0.6) is 0 Å². The third-order valence-corrected chi connectivity index (χ3v) is 5.92. The summed E-state index contributed by atoms with van der Waals surface area (Å²) in [6, 6.07) is 8.39. The maximum Gasteiger partial charge on any atom is 0.414 e. The van der Waals surface area contributed by atoms with Crippen molar-refractivity contribution in [3.63, 3.8) is 0 Å². The Kier molecular flexibility index (Phi) is 5.68. The smallest absolute Gasteiger partial charge is 0.414 e. The number of benzene rings is 1. The third-order valence-electron chi connectivity index (χ3n) is 4.92. The molecule has 1 atom stereocenters. The van der Waals surface area contributed by atoms with Crippen molar-refractivity contribution in [3.8, 4) is 0 Å². The molecule has 0 saturated carbocycles. The van der Waals surface area contributed by atoms with Gasteiger partial charge >= 0.3 is 6.09 Å². The Morgan fingerprint density at radius 1 is 1.28 bits per heavy atom. The van der Waals surface area contributed by atoms with Crippen LogP contribution in [0.4, 0.5) is 20.6 Å². The number of carbonyl (C=O) groups excluding carboxylic acids is 2. The Bertz CT molecular complexity index is 913. The van der Waals surface area contributed by atoms with Crippen LogP contribution in [-0.2, 0) is 9.47 Å². The first kappa shape index (κ1) is 19.7. The molecule has 4 rings (SSSR count). The Morgan fingerprint density at radius 3 is 2.76 bits per heavy atom. The molecule has 0 aliphatic carbocycles. The van der Waals surface area contributed by atoms with E-state index in [2.05, 4.69) is 5.32 Å². The van der Waals surface area contributed by atoms with E-state index in [0.29, 0.717) is 42.6 Å². The predicted molar refractivity (Wildman–Crippen MR) is 108 cm³/mol. The molecule has 0 bridgehead atoms. The molecule has 0 unspecified atom stereocenters. The Balaban J connectivity index is 1.37. The number of carbonyl (C=O) groups is 2. The number of hydrogen-bond acceptors (Lipinski definition) is 6. The van der Waals surface area contributed by atoms with Crippen LogP contribution < -0.4 is 15.1 Å². The summed E-state index contributed by atoms with van der Waals surface area (Å²) in [5.74, 6) is -0.583. The van der Waals surface area contributed by atoms with Gasteiger partial charge in [0.2, 0.25) is 0 Å². The average Bonchev–Trinajstić information content (AvgIpc) is 3.32. The summed E-state index contributed by atoms with van der Waals surface area (Å²) in [5.41, 5.74) is 0.937. The van der Waals surface area contributed by atoms with Gasteiger partial charge in [0.05, 0.1) is 42.6 Å². The van der Waals surface area contributed by atoms with Crippen molar-refractivity contribution >= 4 is 34.7 Å². The van der Waals surface area contributed by atoms with E-state index in [1.807, 2.05) is 17.9 Å². The van der Waals surface area contributed by atoms with Crippen molar-refractivity contribution in [2.75, 3.05) is 49.2 Å². The molecule has 2 aliphatic rings. The second-order valence-corrected chi connectivity index (χ2v) is 8.26. The van der Waals surface area contributed by atoms with E-state index in [-0.39, 0.29) is 24.8 Å². The third kappa shape index (κ3) is 4.35. The lowest BCUT2D eigenvalue weighted by Gasteiger charge is -2.29. The molecule has 3 heterocycles. The van der Waals surface area contributed by atoms with E-state index >= 15 is 0 Å². The summed E-state index contributed by atoms with van der Waals surface area (Å²) in [6.45, 7) is 4.78. The number of rotatable bonds is 5. The Hall–Kier alpha value is -2.65. The first-order chi connectivity index (χ1) is 14.0. The second kappa shape index (κ2) is 8.38. The highest BCUT2D eigenvalue weighted by Crippen LogP contribution is 2.28. The molecule has 0 radical (unpaired) electrons. The topological polar surface area (TPSA) is 71.1 Å². The molecule has 2 saturated heterocycles. The number of nitrogens with zero attached hydrogens (tertiary/aromatic N) is 2. The van der Waals surface area contributed by atoms with Gasteiger partial charge in [-0.25, -0.2) is 9.18 Å². The minimum Gasteiger partial charge on any atom is -0.442 e. The number of aryl methyl sites for hydroxylation is 1. The van der Waals surface area contributed by atoms with E-state index in [0.717, 1.165) is 4.88 Å². The Morgan fingerprint density at radius 2 is 2.07 bits per heavy atom. The van der Waals surface area contributed by atoms with Gasteiger partial charge in [0, 0.05) is 18.0 Å². The zero-order valence-electron chi connectivity index (χ0n) is 16.0. The van der Waals surface area contributed by atoms with E-state index in [1.54, 1.807) is 18.2 Å². The number of cyclic esters (lactones) is 1. The molecule has 9 heteroatoms. The van der Waals surface area contributed by atoms with Crippen LogP contribution in [0.3, 0.4) is 0 Å². The molecule has 2 amide bonds. The van der Waals surface area contributed by atoms with Gasteiger partial charge in [-0.05, 0) is 37.3 Å². The van der Waals surface area contributed by atoms with Gasteiger partial charge in [0.15, 0.2) is 0 Å². The monoisotopic (exact) mass is 419 g/mol. The minimum absolute atomic E-state index is 0.196.